The summed E-state index contributed by atoms with van der Waals surface area (Å²) in [5.74, 6) is -0.959. The van der Waals surface area contributed by atoms with E-state index in [4.69, 9.17) is 5.11 Å². The molecule has 0 spiro atoms. The van der Waals surface area contributed by atoms with E-state index in [1.54, 1.807) is 0 Å². The van der Waals surface area contributed by atoms with Gasteiger partial charge >= 0.3 is 5.97 Å². The van der Waals surface area contributed by atoms with Gasteiger partial charge in [0.25, 0.3) is 0 Å². The first-order valence-corrected chi connectivity index (χ1v) is 2.03. The monoisotopic (exact) mass is 132 g/mol. The van der Waals surface area contributed by atoms with Crippen LogP contribution in [0.25, 0.3) is 0 Å². The largest absolute Gasteiger partial charge is 0.478 e. The predicted molar refractivity (Wildman–Crippen MR) is 28.0 cm³/mol. The number of halogens is 1. The molecule has 2 N–H and O–H groups in total. The molecule has 0 amide bonds. The number of carboxylic acids is 1. The number of aromatic carboxylic acids is 1. The van der Waals surface area contributed by atoms with E-state index in [1.807, 2.05) is 0 Å². The molecule has 1 aromatic heterocycles. The van der Waals surface area contributed by atoms with Gasteiger partial charge in [0, 0.05) is 6.20 Å². The van der Waals surface area contributed by atoms with Crippen LogP contribution in [-0.2, 0) is 0 Å². The molecular weight excluding hydrogens is 127 g/mol. The standard InChI is InChI=1S/C4H4N2O2.FH/c7-4(8)3-1-5-6-2-3;/h1-2H,(H,5,6)(H,7,8);1H. The number of carbonyl (C=O) groups is 1. The summed E-state index contributed by atoms with van der Waals surface area (Å²) in [4.78, 5) is 10.0. The first kappa shape index (κ1) is 7.61. The van der Waals surface area contributed by atoms with Crippen molar-refractivity contribution in [2.75, 3.05) is 0 Å². The molecule has 0 aromatic carbocycles. The van der Waals surface area contributed by atoms with E-state index in [1.165, 1.54) is 12.4 Å². The summed E-state index contributed by atoms with van der Waals surface area (Å²) in [5.41, 5.74) is 0.185. The average Bonchev–Trinajstić information content (AvgIpc) is 2.12. The molecule has 0 unspecified atom stereocenters. The second kappa shape index (κ2) is 2.81. The molecule has 5 heteroatoms. The number of aromatic nitrogens is 2. The third-order valence-electron chi connectivity index (χ3n) is 0.745. The Labute approximate surface area is 49.9 Å². The van der Waals surface area contributed by atoms with Crippen molar-refractivity contribution in [1.82, 2.24) is 10.2 Å². The van der Waals surface area contributed by atoms with E-state index in [0.29, 0.717) is 0 Å². The summed E-state index contributed by atoms with van der Waals surface area (Å²) in [5, 5.41) is 14.0. The lowest BCUT2D eigenvalue weighted by Crippen LogP contribution is -1.91. The highest BCUT2D eigenvalue weighted by molar-refractivity contribution is 5.86. The molecule has 0 fully saturated rings. The molecule has 0 aliphatic carbocycles. The van der Waals surface area contributed by atoms with Crippen LogP contribution in [0.15, 0.2) is 12.4 Å². The minimum Gasteiger partial charge on any atom is -0.478 e. The van der Waals surface area contributed by atoms with Gasteiger partial charge in [-0.25, -0.2) is 4.79 Å². The Hall–Kier alpha value is -1.39. The number of carboxylic acid groups (broad SMARTS) is 1. The maximum absolute atomic E-state index is 10.0. The minimum absolute atomic E-state index is 0. The predicted octanol–water partition coefficient (Wildman–Crippen LogP) is 0.260. The SMILES string of the molecule is F.O=C(O)c1cn[nH]c1. The second-order valence-corrected chi connectivity index (χ2v) is 1.29. The maximum atomic E-state index is 10.0. The number of rotatable bonds is 1. The van der Waals surface area contributed by atoms with Crippen LogP contribution in [0.1, 0.15) is 10.4 Å². The van der Waals surface area contributed by atoms with Crippen LogP contribution in [0.3, 0.4) is 0 Å². The fourth-order valence-electron chi connectivity index (χ4n) is 0.368. The van der Waals surface area contributed by atoms with E-state index in [2.05, 4.69) is 10.2 Å². The lowest BCUT2D eigenvalue weighted by atomic mass is 10.4. The topological polar surface area (TPSA) is 66.0 Å². The molecule has 0 atom stereocenters. The van der Waals surface area contributed by atoms with Gasteiger partial charge in [-0.3, -0.25) is 9.80 Å². The molecule has 0 bridgehead atoms. The van der Waals surface area contributed by atoms with Gasteiger partial charge in [-0.1, -0.05) is 0 Å². The van der Waals surface area contributed by atoms with Crippen LogP contribution in [0, 0.1) is 0 Å². The summed E-state index contributed by atoms with van der Waals surface area (Å²) in [6.45, 7) is 0. The first-order chi connectivity index (χ1) is 3.80. The molecule has 1 rings (SSSR count). The highest BCUT2D eigenvalue weighted by Gasteiger charge is 1.99. The molecule has 50 valence electrons. The van der Waals surface area contributed by atoms with E-state index in [9.17, 15) is 4.79 Å². The van der Waals surface area contributed by atoms with Crippen LogP contribution in [0.2, 0.25) is 0 Å². The average molecular weight is 132 g/mol. The van der Waals surface area contributed by atoms with Gasteiger partial charge in [-0.05, 0) is 0 Å². The van der Waals surface area contributed by atoms with Crippen molar-refractivity contribution in [3.05, 3.63) is 18.0 Å². The highest BCUT2D eigenvalue weighted by atomic mass is 19.0. The second-order valence-electron chi connectivity index (χ2n) is 1.29. The zero-order valence-corrected chi connectivity index (χ0v) is 4.37. The van der Waals surface area contributed by atoms with E-state index >= 15 is 0 Å². The van der Waals surface area contributed by atoms with Gasteiger partial charge in [0.1, 0.15) is 0 Å². The van der Waals surface area contributed by atoms with Gasteiger partial charge in [0.15, 0.2) is 0 Å². The smallest absolute Gasteiger partial charge is 0.338 e. The van der Waals surface area contributed by atoms with Crippen molar-refractivity contribution < 1.29 is 14.6 Å². The van der Waals surface area contributed by atoms with Crippen molar-refractivity contribution in [2.24, 2.45) is 0 Å². The summed E-state index contributed by atoms with van der Waals surface area (Å²) in [6.07, 6.45) is 2.57. The minimum atomic E-state index is -0.959. The van der Waals surface area contributed by atoms with Crippen LogP contribution in [0.5, 0.6) is 0 Å². The molecule has 1 heterocycles. The molecule has 4 nitrogen and oxygen atoms in total. The number of aromatic amines is 1. The van der Waals surface area contributed by atoms with Crippen molar-refractivity contribution >= 4 is 5.97 Å². The van der Waals surface area contributed by atoms with E-state index in [0.717, 1.165) is 0 Å². The molecule has 0 aliphatic rings. The molecule has 9 heavy (non-hydrogen) atoms. The van der Waals surface area contributed by atoms with Gasteiger partial charge in [-0.2, -0.15) is 5.10 Å². The Kier molecular flexibility index (Phi) is 2.37. The first-order valence-electron chi connectivity index (χ1n) is 2.03. The van der Waals surface area contributed by atoms with Crippen LogP contribution >= 0.6 is 0 Å². The normalized spacial score (nSPS) is 8.00. The van der Waals surface area contributed by atoms with Gasteiger partial charge in [-0.15, -0.1) is 0 Å². The number of hydrogen-bond acceptors (Lipinski definition) is 2. The molecule has 0 radical (unpaired) electrons. The van der Waals surface area contributed by atoms with Crippen molar-refractivity contribution in [2.45, 2.75) is 0 Å². The lowest BCUT2D eigenvalue weighted by Gasteiger charge is -1.77. The summed E-state index contributed by atoms with van der Waals surface area (Å²) in [6, 6.07) is 0. The van der Waals surface area contributed by atoms with E-state index in [-0.39, 0.29) is 10.3 Å². The van der Waals surface area contributed by atoms with Crippen LogP contribution in [0.4, 0.5) is 4.70 Å². The molecule has 1 aromatic rings. The fraction of sp³-hybridized carbons (Fsp3) is 0. The Morgan fingerprint density at radius 2 is 2.44 bits per heavy atom. The van der Waals surface area contributed by atoms with Crippen LogP contribution < -0.4 is 0 Å². The quantitative estimate of drug-likeness (QED) is 0.576. The van der Waals surface area contributed by atoms with Crippen molar-refractivity contribution in [3.63, 3.8) is 0 Å². The number of hydrogen-bond donors (Lipinski definition) is 2. The van der Waals surface area contributed by atoms with Gasteiger partial charge < -0.3 is 5.11 Å². The number of nitrogens with zero attached hydrogens (tertiary/aromatic N) is 1. The summed E-state index contributed by atoms with van der Waals surface area (Å²) < 4.78 is 0. The van der Waals surface area contributed by atoms with Gasteiger partial charge in [0.2, 0.25) is 0 Å². The molecular formula is C4H5FN2O2. The number of nitrogens with one attached hydrogen (secondary N) is 1. The van der Waals surface area contributed by atoms with E-state index < -0.39 is 5.97 Å². The lowest BCUT2D eigenvalue weighted by molar-refractivity contribution is 0.0697. The van der Waals surface area contributed by atoms with Crippen LogP contribution in [-0.4, -0.2) is 21.3 Å². The third kappa shape index (κ3) is 1.52. The zero-order valence-electron chi connectivity index (χ0n) is 4.37. The summed E-state index contributed by atoms with van der Waals surface area (Å²) >= 11 is 0. The Morgan fingerprint density at radius 3 is 2.67 bits per heavy atom. The highest BCUT2D eigenvalue weighted by Crippen LogP contribution is 1.90. The Balaban J connectivity index is 0.000000640. The third-order valence-corrected chi connectivity index (χ3v) is 0.745. The van der Waals surface area contributed by atoms with Crippen molar-refractivity contribution in [3.8, 4) is 0 Å². The zero-order chi connectivity index (χ0) is 5.98. The fourth-order valence-corrected chi connectivity index (χ4v) is 0.368. The Morgan fingerprint density at radius 1 is 1.78 bits per heavy atom. The molecule has 0 saturated heterocycles. The maximum Gasteiger partial charge on any atom is 0.338 e. The molecule has 0 aliphatic heterocycles. The Bertz CT molecular complexity index is 184. The number of H-pyrrole nitrogens is 1. The summed E-state index contributed by atoms with van der Waals surface area (Å²) in [7, 11) is 0. The molecule has 0 saturated carbocycles. The van der Waals surface area contributed by atoms with Gasteiger partial charge in [0.05, 0.1) is 11.8 Å². The van der Waals surface area contributed by atoms with Crippen molar-refractivity contribution in [1.29, 1.82) is 0 Å².